The lowest BCUT2D eigenvalue weighted by atomic mass is 10.3. The molecule has 0 saturated carbocycles. The van der Waals surface area contributed by atoms with Crippen molar-refractivity contribution < 1.29 is 17.9 Å². The van der Waals surface area contributed by atoms with Crippen molar-refractivity contribution in [2.45, 2.75) is 18.4 Å². The minimum absolute atomic E-state index is 0.202. The number of carbonyl (C=O) groups excluding carboxylic acids is 1. The molecule has 0 radical (unpaired) electrons. The third kappa shape index (κ3) is 5.18. The zero-order valence-electron chi connectivity index (χ0n) is 18.4. The fourth-order valence-electron chi connectivity index (χ4n) is 3.62. The van der Waals surface area contributed by atoms with E-state index in [1.807, 2.05) is 24.3 Å². The number of sulfonamides is 1. The third-order valence-corrected chi connectivity index (χ3v) is 7.27. The van der Waals surface area contributed by atoms with Crippen molar-refractivity contribution in [3.05, 3.63) is 54.4 Å². The summed E-state index contributed by atoms with van der Waals surface area (Å²) in [5.74, 6) is 1.21. The molecule has 2 aromatic carbocycles. The summed E-state index contributed by atoms with van der Waals surface area (Å²) in [6.07, 6.45) is 0. The van der Waals surface area contributed by atoms with Gasteiger partial charge >= 0.3 is 0 Å². The topological polar surface area (TPSA) is 123 Å². The highest BCUT2D eigenvalue weighted by Gasteiger charge is 2.29. The first-order valence-electron chi connectivity index (χ1n) is 10.4. The average molecular weight is 472 g/mol. The van der Waals surface area contributed by atoms with Gasteiger partial charge in [0, 0.05) is 38.8 Å². The predicted octanol–water partition coefficient (Wildman–Crippen LogP) is 1.14. The number of methoxy groups -OCH3 is 1. The minimum Gasteiger partial charge on any atom is -0.497 e. The average Bonchev–Trinajstić information content (AvgIpc) is 3.27. The Hall–Kier alpha value is -3.35. The molecule has 2 heterocycles. The van der Waals surface area contributed by atoms with Gasteiger partial charge in [-0.3, -0.25) is 9.69 Å². The van der Waals surface area contributed by atoms with Crippen LogP contribution in [0.3, 0.4) is 0 Å². The summed E-state index contributed by atoms with van der Waals surface area (Å²) in [6, 6.07) is 13.6. The summed E-state index contributed by atoms with van der Waals surface area (Å²) in [4.78, 5) is 13.5. The van der Waals surface area contributed by atoms with Crippen LogP contribution in [0.1, 0.15) is 12.7 Å². The van der Waals surface area contributed by atoms with Crippen LogP contribution in [-0.4, -0.2) is 77.0 Å². The van der Waals surface area contributed by atoms with Crippen molar-refractivity contribution in [3.8, 4) is 11.4 Å². The lowest BCUT2D eigenvalue weighted by Crippen LogP contribution is -2.48. The lowest BCUT2D eigenvalue weighted by Gasteiger charge is -2.33. The maximum atomic E-state index is 13.0. The second kappa shape index (κ2) is 9.65. The fourth-order valence-corrected chi connectivity index (χ4v) is 5.04. The number of nitrogens with one attached hydrogen (secondary N) is 1. The van der Waals surface area contributed by atoms with Gasteiger partial charge in [-0.1, -0.05) is 0 Å². The van der Waals surface area contributed by atoms with Crippen molar-refractivity contribution >= 4 is 21.6 Å². The van der Waals surface area contributed by atoms with E-state index in [0.717, 1.165) is 11.4 Å². The lowest BCUT2D eigenvalue weighted by molar-refractivity contribution is -0.114. The standard InChI is InChI=1S/C21H25N7O4S/c1-16(29)22-17-3-9-20(10-4-17)33(30,31)27-13-11-26(12-14-27)15-21-23-24-25-28(21)18-5-7-19(32-2)8-6-18/h3-10H,11-15H2,1-2H3,(H,22,29). The molecule has 12 heteroatoms. The summed E-state index contributed by atoms with van der Waals surface area (Å²) in [5, 5.41) is 14.7. The van der Waals surface area contributed by atoms with Gasteiger partial charge in [-0.15, -0.1) is 5.10 Å². The molecule has 0 spiro atoms. The first-order chi connectivity index (χ1) is 15.9. The van der Waals surface area contributed by atoms with E-state index in [2.05, 4.69) is 25.7 Å². The molecule has 1 fully saturated rings. The number of amides is 1. The van der Waals surface area contributed by atoms with E-state index in [-0.39, 0.29) is 10.8 Å². The molecule has 0 bridgehead atoms. The smallest absolute Gasteiger partial charge is 0.243 e. The first-order valence-corrected chi connectivity index (χ1v) is 11.8. The molecule has 1 aromatic heterocycles. The molecule has 4 rings (SSSR count). The Morgan fingerprint density at radius 3 is 2.30 bits per heavy atom. The molecule has 1 aliphatic rings. The number of benzene rings is 2. The molecule has 1 amide bonds. The Morgan fingerprint density at radius 2 is 1.70 bits per heavy atom. The van der Waals surface area contributed by atoms with Gasteiger partial charge in [-0.25, -0.2) is 8.42 Å². The van der Waals surface area contributed by atoms with Crippen molar-refractivity contribution in [3.63, 3.8) is 0 Å². The fraction of sp³-hybridized carbons (Fsp3) is 0.333. The van der Waals surface area contributed by atoms with Gasteiger partial charge in [0.1, 0.15) is 5.75 Å². The molecular formula is C21H25N7O4S. The van der Waals surface area contributed by atoms with Crippen LogP contribution < -0.4 is 10.1 Å². The number of hydrogen-bond donors (Lipinski definition) is 1. The van der Waals surface area contributed by atoms with Gasteiger partial charge in [0.25, 0.3) is 0 Å². The monoisotopic (exact) mass is 471 g/mol. The Balaban J connectivity index is 1.38. The number of aromatic nitrogens is 4. The molecule has 174 valence electrons. The van der Waals surface area contributed by atoms with E-state index >= 15 is 0 Å². The zero-order valence-corrected chi connectivity index (χ0v) is 19.2. The third-order valence-electron chi connectivity index (χ3n) is 5.36. The minimum atomic E-state index is -3.61. The summed E-state index contributed by atoms with van der Waals surface area (Å²) < 4.78 is 34.3. The van der Waals surface area contributed by atoms with Crippen LogP contribution in [0.15, 0.2) is 53.4 Å². The summed E-state index contributed by atoms with van der Waals surface area (Å²) in [6.45, 7) is 3.73. The number of ether oxygens (including phenoxy) is 1. The number of tetrazole rings is 1. The SMILES string of the molecule is COc1ccc(-n2nnnc2CN2CCN(S(=O)(=O)c3ccc(NC(C)=O)cc3)CC2)cc1. The number of anilines is 1. The highest BCUT2D eigenvalue weighted by molar-refractivity contribution is 7.89. The maximum absolute atomic E-state index is 13.0. The van der Waals surface area contributed by atoms with E-state index in [9.17, 15) is 13.2 Å². The molecule has 11 nitrogen and oxygen atoms in total. The van der Waals surface area contributed by atoms with Gasteiger partial charge < -0.3 is 10.1 Å². The summed E-state index contributed by atoms with van der Waals surface area (Å²) >= 11 is 0. The number of nitrogens with zero attached hydrogens (tertiary/aromatic N) is 6. The van der Waals surface area contributed by atoms with Crippen LogP contribution in [0.2, 0.25) is 0 Å². The predicted molar refractivity (Wildman–Crippen MR) is 120 cm³/mol. The molecule has 1 N–H and O–H groups in total. The van der Waals surface area contributed by atoms with E-state index in [0.29, 0.717) is 44.2 Å². The van der Waals surface area contributed by atoms with Gasteiger partial charge in [-0.05, 0) is 59.0 Å². The Morgan fingerprint density at radius 1 is 1.03 bits per heavy atom. The van der Waals surface area contributed by atoms with Crippen LogP contribution in [0.5, 0.6) is 5.75 Å². The van der Waals surface area contributed by atoms with E-state index in [1.54, 1.807) is 23.9 Å². The quantitative estimate of drug-likeness (QED) is 0.544. The number of rotatable bonds is 7. The second-order valence-electron chi connectivity index (χ2n) is 7.59. The van der Waals surface area contributed by atoms with E-state index in [1.165, 1.54) is 23.4 Å². The summed E-state index contributed by atoms with van der Waals surface area (Å²) in [5.41, 5.74) is 1.38. The van der Waals surface area contributed by atoms with Crippen LogP contribution in [0, 0.1) is 0 Å². The van der Waals surface area contributed by atoms with Crippen molar-refractivity contribution in [2.24, 2.45) is 0 Å². The van der Waals surface area contributed by atoms with Crippen molar-refractivity contribution in [1.82, 2.24) is 29.4 Å². The zero-order chi connectivity index (χ0) is 23.4. The molecule has 0 aliphatic carbocycles. The molecule has 0 atom stereocenters. The van der Waals surface area contributed by atoms with Crippen molar-refractivity contribution in [1.29, 1.82) is 0 Å². The molecule has 33 heavy (non-hydrogen) atoms. The first kappa shape index (κ1) is 22.8. The van der Waals surface area contributed by atoms with E-state index in [4.69, 9.17) is 4.74 Å². The Labute approximate surface area is 192 Å². The maximum Gasteiger partial charge on any atom is 0.243 e. The Bertz CT molecular complexity index is 1200. The van der Waals surface area contributed by atoms with Crippen LogP contribution in [0.25, 0.3) is 5.69 Å². The summed E-state index contributed by atoms with van der Waals surface area (Å²) in [7, 11) is -2.00. The Kier molecular flexibility index (Phi) is 6.67. The van der Waals surface area contributed by atoms with Crippen LogP contribution in [0.4, 0.5) is 5.69 Å². The highest BCUT2D eigenvalue weighted by atomic mass is 32.2. The van der Waals surface area contributed by atoms with Crippen LogP contribution in [-0.2, 0) is 21.4 Å². The van der Waals surface area contributed by atoms with Crippen LogP contribution >= 0.6 is 0 Å². The van der Waals surface area contributed by atoms with Gasteiger partial charge in [0.15, 0.2) is 5.82 Å². The number of piperazine rings is 1. The molecule has 1 saturated heterocycles. The normalized spacial score (nSPS) is 15.3. The second-order valence-corrected chi connectivity index (χ2v) is 9.53. The van der Waals surface area contributed by atoms with E-state index < -0.39 is 10.0 Å². The number of carbonyl (C=O) groups is 1. The van der Waals surface area contributed by atoms with Gasteiger partial charge in [-0.2, -0.15) is 8.99 Å². The van der Waals surface area contributed by atoms with Gasteiger partial charge in [0.2, 0.25) is 15.9 Å². The molecule has 3 aromatic rings. The highest BCUT2D eigenvalue weighted by Crippen LogP contribution is 2.21. The molecule has 1 aliphatic heterocycles. The molecule has 0 unspecified atom stereocenters. The number of hydrogen-bond acceptors (Lipinski definition) is 8. The molecular weight excluding hydrogens is 446 g/mol. The van der Waals surface area contributed by atoms with Crippen molar-refractivity contribution in [2.75, 3.05) is 38.6 Å². The van der Waals surface area contributed by atoms with Gasteiger partial charge in [0.05, 0.1) is 24.2 Å². The largest absolute Gasteiger partial charge is 0.497 e.